The zero-order valence-corrected chi connectivity index (χ0v) is 13.5. The minimum Gasteiger partial charge on any atom is -0.397 e. The van der Waals surface area contributed by atoms with Crippen molar-refractivity contribution in [2.24, 2.45) is 5.73 Å². The zero-order valence-electron chi connectivity index (χ0n) is 13.5. The molecule has 4 heteroatoms. The molecule has 2 aromatic heterocycles. The van der Waals surface area contributed by atoms with Crippen molar-refractivity contribution in [1.29, 1.82) is 0 Å². The van der Waals surface area contributed by atoms with Gasteiger partial charge in [-0.3, -0.25) is 4.98 Å². The van der Waals surface area contributed by atoms with Gasteiger partial charge in [0.05, 0.1) is 22.4 Å². The lowest BCUT2D eigenvalue weighted by atomic mass is 10.1. The van der Waals surface area contributed by atoms with Crippen LogP contribution >= 0.6 is 0 Å². The molecule has 0 spiro atoms. The first-order valence-corrected chi connectivity index (χ1v) is 7.64. The van der Waals surface area contributed by atoms with Crippen LogP contribution in [0.25, 0.3) is 28.1 Å². The summed E-state index contributed by atoms with van der Waals surface area (Å²) < 4.78 is 0. The van der Waals surface area contributed by atoms with Crippen molar-refractivity contribution in [3.05, 3.63) is 84.7 Å². The van der Waals surface area contributed by atoms with Gasteiger partial charge in [-0.25, -0.2) is 9.97 Å². The fourth-order valence-corrected chi connectivity index (χ4v) is 2.36. The first-order chi connectivity index (χ1) is 11.7. The van der Waals surface area contributed by atoms with E-state index < -0.39 is 0 Å². The van der Waals surface area contributed by atoms with Crippen molar-refractivity contribution in [3.8, 4) is 11.4 Å². The highest BCUT2D eigenvalue weighted by atomic mass is 14.9. The molecule has 0 amide bonds. The standard InChI is InChI=1S/C20H18N4/c1-3-4-5-8-15(21)19-20(17-9-6-7-12-22-17)24-18-13-14(2)10-11-16(18)23-19/h3-13H,1,21H2,2H3/b5-4-,15-8-. The van der Waals surface area contributed by atoms with Crippen molar-refractivity contribution in [1.82, 2.24) is 15.0 Å². The van der Waals surface area contributed by atoms with Crippen LogP contribution in [0.5, 0.6) is 0 Å². The van der Waals surface area contributed by atoms with E-state index in [1.165, 1.54) is 0 Å². The summed E-state index contributed by atoms with van der Waals surface area (Å²) in [7, 11) is 0. The highest BCUT2D eigenvalue weighted by Gasteiger charge is 2.14. The van der Waals surface area contributed by atoms with E-state index in [9.17, 15) is 0 Å². The first-order valence-electron chi connectivity index (χ1n) is 7.64. The van der Waals surface area contributed by atoms with Crippen LogP contribution in [0.2, 0.25) is 0 Å². The molecule has 24 heavy (non-hydrogen) atoms. The molecule has 0 saturated heterocycles. The molecular weight excluding hydrogens is 296 g/mol. The Balaban J connectivity index is 2.25. The van der Waals surface area contributed by atoms with Gasteiger partial charge in [0.15, 0.2) is 0 Å². The number of nitrogens with zero attached hydrogens (tertiary/aromatic N) is 3. The van der Waals surface area contributed by atoms with E-state index >= 15 is 0 Å². The Kier molecular flexibility index (Phi) is 4.47. The molecule has 0 saturated carbocycles. The van der Waals surface area contributed by atoms with Gasteiger partial charge >= 0.3 is 0 Å². The lowest BCUT2D eigenvalue weighted by Gasteiger charge is -2.10. The van der Waals surface area contributed by atoms with Gasteiger partial charge in [0.25, 0.3) is 0 Å². The number of aromatic nitrogens is 3. The number of nitrogens with two attached hydrogens (primary N) is 1. The summed E-state index contributed by atoms with van der Waals surface area (Å²) in [5.74, 6) is 0. The van der Waals surface area contributed by atoms with E-state index in [1.807, 2.05) is 55.5 Å². The number of benzene rings is 1. The zero-order chi connectivity index (χ0) is 16.9. The summed E-state index contributed by atoms with van der Waals surface area (Å²) in [5, 5.41) is 0. The largest absolute Gasteiger partial charge is 0.397 e. The maximum atomic E-state index is 6.24. The Morgan fingerprint density at radius 3 is 2.71 bits per heavy atom. The van der Waals surface area contributed by atoms with Crippen molar-refractivity contribution in [3.63, 3.8) is 0 Å². The maximum absolute atomic E-state index is 6.24. The third-order valence-corrected chi connectivity index (χ3v) is 3.52. The molecule has 118 valence electrons. The fraction of sp³-hybridized carbons (Fsp3) is 0.0500. The van der Waals surface area contributed by atoms with Crippen molar-refractivity contribution >= 4 is 16.7 Å². The average molecular weight is 314 g/mol. The molecule has 0 aliphatic carbocycles. The van der Waals surface area contributed by atoms with Gasteiger partial charge in [-0.15, -0.1) is 0 Å². The number of allylic oxidation sites excluding steroid dienone is 4. The van der Waals surface area contributed by atoms with Crippen LogP contribution in [0.4, 0.5) is 0 Å². The highest BCUT2D eigenvalue weighted by Crippen LogP contribution is 2.25. The van der Waals surface area contributed by atoms with E-state index in [4.69, 9.17) is 15.7 Å². The molecule has 0 aliphatic heterocycles. The van der Waals surface area contributed by atoms with Gasteiger partial charge < -0.3 is 5.73 Å². The third-order valence-electron chi connectivity index (χ3n) is 3.52. The average Bonchev–Trinajstić information content (AvgIpc) is 2.61. The number of pyridine rings is 1. The van der Waals surface area contributed by atoms with E-state index in [1.54, 1.807) is 18.3 Å². The summed E-state index contributed by atoms with van der Waals surface area (Å²) in [6.07, 6.45) is 8.85. The molecule has 0 bridgehead atoms. The second kappa shape index (κ2) is 6.87. The normalized spacial score (nSPS) is 12.0. The van der Waals surface area contributed by atoms with Crippen LogP contribution in [-0.4, -0.2) is 15.0 Å². The van der Waals surface area contributed by atoms with Gasteiger partial charge in [0, 0.05) is 6.20 Å². The summed E-state index contributed by atoms with van der Waals surface area (Å²) in [6.45, 7) is 5.68. The minimum absolute atomic E-state index is 0.531. The molecule has 3 aromatic rings. The number of fused-ring (bicyclic) bond motifs is 1. The molecule has 0 aliphatic rings. The molecule has 2 heterocycles. The molecule has 1 aromatic carbocycles. The van der Waals surface area contributed by atoms with Gasteiger partial charge in [-0.2, -0.15) is 0 Å². The van der Waals surface area contributed by atoms with Crippen LogP contribution in [0.3, 0.4) is 0 Å². The predicted molar refractivity (Wildman–Crippen MR) is 99.0 cm³/mol. The second-order valence-corrected chi connectivity index (χ2v) is 5.37. The molecule has 0 fully saturated rings. The third kappa shape index (κ3) is 3.22. The lowest BCUT2D eigenvalue weighted by molar-refractivity contribution is 1.20. The maximum Gasteiger partial charge on any atom is 0.117 e. The molecule has 4 nitrogen and oxygen atoms in total. The van der Waals surface area contributed by atoms with E-state index in [2.05, 4.69) is 11.6 Å². The highest BCUT2D eigenvalue weighted by molar-refractivity contribution is 5.83. The molecule has 0 atom stereocenters. The smallest absolute Gasteiger partial charge is 0.117 e. The van der Waals surface area contributed by atoms with E-state index in [0.29, 0.717) is 17.1 Å². The van der Waals surface area contributed by atoms with Crippen LogP contribution in [0.15, 0.2) is 73.5 Å². The van der Waals surface area contributed by atoms with E-state index in [-0.39, 0.29) is 0 Å². The second-order valence-electron chi connectivity index (χ2n) is 5.37. The van der Waals surface area contributed by atoms with Gasteiger partial charge in [-0.05, 0) is 42.8 Å². The fourth-order valence-electron chi connectivity index (χ4n) is 2.36. The van der Waals surface area contributed by atoms with Gasteiger partial charge in [0.2, 0.25) is 0 Å². The summed E-state index contributed by atoms with van der Waals surface area (Å²) in [5.41, 5.74) is 11.6. The Morgan fingerprint density at radius 1 is 1.08 bits per heavy atom. The Morgan fingerprint density at radius 2 is 1.96 bits per heavy atom. The minimum atomic E-state index is 0.531. The number of rotatable bonds is 4. The topological polar surface area (TPSA) is 64.7 Å². The van der Waals surface area contributed by atoms with E-state index in [0.717, 1.165) is 22.3 Å². The number of hydrogen-bond acceptors (Lipinski definition) is 4. The number of hydrogen-bond donors (Lipinski definition) is 1. The van der Waals surface area contributed by atoms with Gasteiger partial charge in [0.1, 0.15) is 11.4 Å². The van der Waals surface area contributed by atoms with Crippen LogP contribution in [-0.2, 0) is 0 Å². The summed E-state index contributed by atoms with van der Waals surface area (Å²) in [6, 6.07) is 11.7. The predicted octanol–water partition coefficient (Wildman–Crippen LogP) is 4.04. The molecule has 0 unspecified atom stereocenters. The first kappa shape index (κ1) is 15.6. The molecular formula is C20H18N4. The molecule has 0 radical (unpaired) electrons. The Hall–Kier alpha value is -3.27. The van der Waals surface area contributed by atoms with Crippen LogP contribution in [0.1, 0.15) is 11.3 Å². The summed E-state index contributed by atoms with van der Waals surface area (Å²) >= 11 is 0. The molecule has 3 rings (SSSR count). The van der Waals surface area contributed by atoms with Crippen molar-refractivity contribution in [2.45, 2.75) is 6.92 Å². The Bertz CT molecular complexity index is 941. The SMILES string of the molecule is C=C/C=C\C=C(/N)c1nc2ccc(C)cc2nc1-c1ccccn1. The van der Waals surface area contributed by atoms with Crippen molar-refractivity contribution < 1.29 is 0 Å². The Labute approximate surface area is 141 Å². The lowest BCUT2D eigenvalue weighted by Crippen LogP contribution is -2.05. The number of aryl methyl sites for hydroxylation is 1. The van der Waals surface area contributed by atoms with Crippen LogP contribution in [0, 0.1) is 6.92 Å². The van der Waals surface area contributed by atoms with Crippen LogP contribution < -0.4 is 5.73 Å². The summed E-state index contributed by atoms with van der Waals surface area (Å²) in [4.78, 5) is 13.9. The monoisotopic (exact) mass is 314 g/mol. The van der Waals surface area contributed by atoms with Crippen molar-refractivity contribution in [2.75, 3.05) is 0 Å². The molecule has 2 N–H and O–H groups in total. The van der Waals surface area contributed by atoms with Gasteiger partial charge in [-0.1, -0.05) is 36.9 Å². The quantitative estimate of drug-likeness (QED) is 0.738.